The number of aromatic nitrogens is 3. The summed E-state index contributed by atoms with van der Waals surface area (Å²) in [6.45, 7) is 5.99. The first-order valence-corrected chi connectivity index (χ1v) is 9.75. The van der Waals surface area contributed by atoms with Crippen LogP contribution in [0.25, 0.3) is 38.5 Å². The van der Waals surface area contributed by atoms with Gasteiger partial charge in [-0.25, -0.2) is 14.5 Å². The molecule has 0 fully saturated rings. The highest BCUT2D eigenvalue weighted by Gasteiger charge is 2.16. The van der Waals surface area contributed by atoms with Gasteiger partial charge in [-0.1, -0.05) is 18.2 Å². The van der Waals surface area contributed by atoms with Crippen molar-refractivity contribution in [2.75, 3.05) is 18.0 Å². The van der Waals surface area contributed by atoms with Gasteiger partial charge < -0.3 is 9.32 Å². The van der Waals surface area contributed by atoms with Gasteiger partial charge in [0.05, 0.1) is 17.3 Å². The molecule has 6 heteroatoms. The number of hydrogen-bond acceptors (Lipinski definition) is 5. The molecule has 2 aromatic carbocycles. The third-order valence-electron chi connectivity index (χ3n) is 5.38. The molecule has 144 valence electrons. The Balaban J connectivity index is 1.83. The minimum Gasteiger partial charge on any atom is -0.422 e. The number of para-hydroxylation sites is 1. The zero-order chi connectivity index (χ0) is 20.0. The smallest absolute Gasteiger partial charge is 0.345 e. The summed E-state index contributed by atoms with van der Waals surface area (Å²) in [5.41, 5.74) is 2.86. The van der Waals surface area contributed by atoms with Gasteiger partial charge in [0, 0.05) is 47.2 Å². The van der Waals surface area contributed by atoms with Crippen molar-refractivity contribution >= 4 is 38.5 Å². The molecule has 0 saturated heterocycles. The molecular formula is C23H20N4O2. The van der Waals surface area contributed by atoms with E-state index in [9.17, 15) is 4.79 Å². The zero-order valence-corrected chi connectivity index (χ0v) is 16.3. The van der Waals surface area contributed by atoms with Gasteiger partial charge in [0.1, 0.15) is 5.58 Å². The average molecular weight is 384 g/mol. The van der Waals surface area contributed by atoms with E-state index in [0.717, 1.165) is 40.6 Å². The summed E-state index contributed by atoms with van der Waals surface area (Å²) < 4.78 is 7.44. The van der Waals surface area contributed by atoms with Crippen molar-refractivity contribution in [2.45, 2.75) is 13.8 Å². The minimum absolute atomic E-state index is 0.383. The van der Waals surface area contributed by atoms with E-state index in [2.05, 4.69) is 34.9 Å². The van der Waals surface area contributed by atoms with Crippen LogP contribution in [0.15, 0.2) is 70.1 Å². The molecule has 0 aliphatic rings. The topological polar surface area (TPSA) is 64.2 Å². The summed E-state index contributed by atoms with van der Waals surface area (Å²) in [5, 5.41) is 7.55. The summed E-state index contributed by atoms with van der Waals surface area (Å²) in [6.07, 6.45) is 3.36. The maximum atomic E-state index is 12.7. The lowest BCUT2D eigenvalue weighted by atomic mass is 10.1. The van der Waals surface area contributed by atoms with E-state index in [1.54, 1.807) is 17.1 Å². The predicted octanol–water partition coefficient (Wildman–Crippen LogP) is 4.53. The van der Waals surface area contributed by atoms with Crippen LogP contribution in [-0.2, 0) is 0 Å². The molecule has 0 aliphatic carbocycles. The van der Waals surface area contributed by atoms with E-state index >= 15 is 0 Å². The molecule has 0 aliphatic heterocycles. The minimum atomic E-state index is -0.383. The molecule has 3 heterocycles. The molecule has 29 heavy (non-hydrogen) atoms. The van der Waals surface area contributed by atoms with Crippen LogP contribution in [0.4, 0.5) is 5.69 Å². The Bertz CT molecular complexity index is 1400. The van der Waals surface area contributed by atoms with Gasteiger partial charge in [-0.3, -0.25) is 0 Å². The molecule has 6 nitrogen and oxygen atoms in total. The molecule has 5 rings (SSSR count). The van der Waals surface area contributed by atoms with Crippen LogP contribution in [0.3, 0.4) is 0 Å². The highest BCUT2D eigenvalue weighted by atomic mass is 16.4. The van der Waals surface area contributed by atoms with Crippen molar-refractivity contribution in [2.24, 2.45) is 0 Å². The molecule has 0 saturated carbocycles. The van der Waals surface area contributed by atoms with Crippen LogP contribution >= 0.6 is 0 Å². The number of pyridine rings is 1. The second kappa shape index (κ2) is 6.74. The van der Waals surface area contributed by atoms with Gasteiger partial charge in [-0.05, 0) is 38.1 Å². The fourth-order valence-electron chi connectivity index (χ4n) is 3.92. The van der Waals surface area contributed by atoms with E-state index in [1.165, 1.54) is 0 Å². The number of rotatable bonds is 4. The first-order chi connectivity index (χ1) is 14.2. The van der Waals surface area contributed by atoms with Gasteiger partial charge >= 0.3 is 5.63 Å². The summed E-state index contributed by atoms with van der Waals surface area (Å²) >= 11 is 0. The predicted molar refractivity (Wildman–Crippen MR) is 116 cm³/mol. The van der Waals surface area contributed by atoms with Gasteiger partial charge in [0.2, 0.25) is 0 Å². The highest BCUT2D eigenvalue weighted by Crippen LogP contribution is 2.31. The lowest BCUT2D eigenvalue weighted by molar-refractivity contribution is 0.569. The fraction of sp³-hybridized carbons (Fsp3) is 0.174. The van der Waals surface area contributed by atoms with Crippen LogP contribution in [0.1, 0.15) is 13.8 Å². The van der Waals surface area contributed by atoms with E-state index < -0.39 is 0 Å². The summed E-state index contributed by atoms with van der Waals surface area (Å²) in [4.78, 5) is 19.4. The van der Waals surface area contributed by atoms with Crippen LogP contribution < -0.4 is 10.5 Å². The third-order valence-corrected chi connectivity index (χ3v) is 5.38. The average Bonchev–Trinajstić information content (AvgIpc) is 3.19. The van der Waals surface area contributed by atoms with Crippen molar-refractivity contribution in [3.8, 4) is 5.69 Å². The standard InChI is InChI=1S/C23H20N4O2/c1-3-26(4-2)16-10-11-17-20(12-16)29-23(28)19-13-24-22-18(21(17)19)14-25-27(22)15-8-6-5-7-9-15/h5-14H,3-4H2,1-2H3. The van der Waals surface area contributed by atoms with Gasteiger partial charge in [-0.15, -0.1) is 0 Å². The largest absolute Gasteiger partial charge is 0.422 e. The Kier molecular flexibility index (Phi) is 4.05. The van der Waals surface area contributed by atoms with Crippen LogP contribution in [-0.4, -0.2) is 27.9 Å². The van der Waals surface area contributed by atoms with Crippen molar-refractivity contribution in [3.05, 3.63) is 71.3 Å². The molecule has 5 aromatic rings. The molecule has 3 aromatic heterocycles. The molecule has 0 amide bonds. The number of anilines is 1. The van der Waals surface area contributed by atoms with Gasteiger partial charge in [0.15, 0.2) is 5.65 Å². The third kappa shape index (κ3) is 2.68. The molecule has 0 radical (unpaired) electrons. The summed E-state index contributed by atoms with van der Waals surface area (Å²) in [7, 11) is 0. The van der Waals surface area contributed by atoms with Crippen LogP contribution in [0.2, 0.25) is 0 Å². The van der Waals surface area contributed by atoms with E-state index in [-0.39, 0.29) is 5.63 Å². The molecule has 0 N–H and O–H groups in total. The summed E-state index contributed by atoms with van der Waals surface area (Å²) in [5.74, 6) is 0. The lowest BCUT2D eigenvalue weighted by Gasteiger charge is -2.21. The maximum absolute atomic E-state index is 12.7. The quantitative estimate of drug-likeness (QED) is 0.337. The summed E-state index contributed by atoms with van der Waals surface area (Å²) in [6, 6.07) is 15.9. The Morgan fingerprint density at radius 3 is 2.52 bits per heavy atom. The molecule has 0 unspecified atom stereocenters. The van der Waals surface area contributed by atoms with E-state index in [0.29, 0.717) is 16.6 Å². The number of hydrogen-bond donors (Lipinski definition) is 0. The van der Waals surface area contributed by atoms with Gasteiger partial charge in [0.25, 0.3) is 0 Å². The van der Waals surface area contributed by atoms with Gasteiger partial charge in [-0.2, -0.15) is 5.10 Å². The normalized spacial score (nSPS) is 11.5. The van der Waals surface area contributed by atoms with Crippen LogP contribution in [0, 0.1) is 0 Å². The van der Waals surface area contributed by atoms with Crippen molar-refractivity contribution in [1.29, 1.82) is 0 Å². The van der Waals surface area contributed by atoms with E-state index in [4.69, 9.17) is 4.42 Å². The second-order valence-electron chi connectivity index (χ2n) is 6.92. The van der Waals surface area contributed by atoms with Crippen LogP contribution in [0.5, 0.6) is 0 Å². The van der Waals surface area contributed by atoms with Crippen molar-refractivity contribution < 1.29 is 4.42 Å². The van der Waals surface area contributed by atoms with Crippen molar-refractivity contribution in [1.82, 2.24) is 14.8 Å². The number of nitrogens with zero attached hydrogens (tertiary/aromatic N) is 4. The molecule has 0 spiro atoms. The Labute approximate surface area is 167 Å². The highest BCUT2D eigenvalue weighted by molar-refractivity contribution is 6.17. The SMILES string of the molecule is CCN(CC)c1ccc2c(c1)oc(=O)c1cnc3c(cnn3-c3ccccc3)c12. The Hall–Kier alpha value is -3.67. The number of fused-ring (bicyclic) bond motifs is 5. The molecule has 0 bridgehead atoms. The molecule has 0 atom stereocenters. The Morgan fingerprint density at radius 1 is 0.966 bits per heavy atom. The second-order valence-corrected chi connectivity index (χ2v) is 6.92. The fourth-order valence-corrected chi connectivity index (χ4v) is 3.92. The van der Waals surface area contributed by atoms with E-state index in [1.807, 2.05) is 42.5 Å². The Morgan fingerprint density at radius 2 is 1.76 bits per heavy atom. The monoisotopic (exact) mass is 384 g/mol. The first-order valence-electron chi connectivity index (χ1n) is 9.75. The lowest BCUT2D eigenvalue weighted by Crippen LogP contribution is -2.21. The first kappa shape index (κ1) is 17.4. The van der Waals surface area contributed by atoms with Crippen molar-refractivity contribution in [3.63, 3.8) is 0 Å². The molecular weight excluding hydrogens is 364 g/mol. The maximum Gasteiger partial charge on any atom is 0.345 e. The number of benzene rings is 2. The zero-order valence-electron chi connectivity index (χ0n) is 16.3.